The normalized spacial score (nSPS) is 46.4. The fourth-order valence-corrected chi connectivity index (χ4v) is 9.02. The van der Waals surface area contributed by atoms with Gasteiger partial charge in [0.2, 0.25) is 0 Å². The Morgan fingerprint density at radius 1 is 1.09 bits per heavy atom. The molecule has 192 valence electrons. The fraction of sp³-hybridized carbons (Fsp3) is 0.857. The van der Waals surface area contributed by atoms with Crippen LogP contribution in [0.2, 0.25) is 0 Å². The summed E-state index contributed by atoms with van der Waals surface area (Å²) in [4.78, 5) is 25.8. The molecule has 4 aliphatic carbocycles. The van der Waals surface area contributed by atoms with Crippen LogP contribution in [0.3, 0.4) is 0 Å². The number of methoxy groups -OCH3 is 1. The van der Waals surface area contributed by atoms with Gasteiger partial charge in [-0.3, -0.25) is 9.59 Å². The summed E-state index contributed by atoms with van der Waals surface area (Å²) in [5, 5.41) is 33.9. The Hall–Kier alpha value is -1.24. The summed E-state index contributed by atoms with van der Waals surface area (Å²) in [6.45, 7) is 12.5. The van der Waals surface area contributed by atoms with Crippen molar-refractivity contribution in [3.8, 4) is 0 Å². The monoisotopic (exact) mass is 476 g/mol. The summed E-state index contributed by atoms with van der Waals surface area (Å²) in [6.07, 6.45) is 1.74. The maximum atomic E-state index is 14.0. The van der Waals surface area contributed by atoms with Crippen LogP contribution < -0.4 is 0 Å². The van der Waals surface area contributed by atoms with Crippen molar-refractivity contribution in [3.63, 3.8) is 0 Å². The van der Waals surface area contributed by atoms with E-state index >= 15 is 0 Å². The lowest BCUT2D eigenvalue weighted by Gasteiger charge is -2.62. The molecule has 34 heavy (non-hydrogen) atoms. The van der Waals surface area contributed by atoms with E-state index in [-0.39, 0.29) is 29.5 Å². The molecular formula is C28H44O6. The third-order valence-electron chi connectivity index (χ3n) is 11.3. The van der Waals surface area contributed by atoms with Gasteiger partial charge in [-0.1, -0.05) is 41.5 Å². The van der Waals surface area contributed by atoms with E-state index in [4.69, 9.17) is 4.74 Å². The largest absolute Gasteiger partial charge is 0.469 e. The van der Waals surface area contributed by atoms with E-state index in [1.165, 1.54) is 7.11 Å². The van der Waals surface area contributed by atoms with Crippen molar-refractivity contribution in [2.45, 2.75) is 105 Å². The van der Waals surface area contributed by atoms with Gasteiger partial charge in [0.25, 0.3) is 0 Å². The molecule has 0 radical (unpaired) electrons. The van der Waals surface area contributed by atoms with E-state index in [9.17, 15) is 24.9 Å². The minimum atomic E-state index is -0.815. The minimum absolute atomic E-state index is 0.0114. The number of ether oxygens (including phenoxy) is 1. The molecule has 4 aliphatic rings. The zero-order valence-corrected chi connectivity index (χ0v) is 22.0. The van der Waals surface area contributed by atoms with Gasteiger partial charge in [-0.2, -0.15) is 0 Å². The predicted octanol–water partition coefficient (Wildman–Crippen LogP) is 3.81. The number of hydrogen-bond donors (Lipinski definition) is 3. The van der Waals surface area contributed by atoms with Crippen molar-refractivity contribution < 1.29 is 29.6 Å². The first-order chi connectivity index (χ1) is 15.7. The van der Waals surface area contributed by atoms with E-state index in [0.29, 0.717) is 44.9 Å². The molecule has 6 heteroatoms. The zero-order valence-electron chi connectivity index (χ0n) is 22.0. The quantitative estimate of drug-likeness (QED) is 0.533. The molecule has 0 heterocycles. The third kappa shape index (κ3) is 3.24. The van der Waals surface area contributed by atoms with Gasteiger partial charge >= 0.3 is 5.97 Å². The lowest BCUT2D eigenvalue weighted by molar-refractivity contribution is -0.142. The minimum Gasteiger partial charge on any atom is -0.469 e. The smallest absolute Gasteiger partial charge is 0.305 e. The zero-order chi connectivity index (χ0) is 25.4. The molecule has 9 atom stereocenters. The first-order valence-corrected chi connectivity index (χ1v) is 13.1. The molecule has 0 aromatic carbocycles. The van der Waals surface area contributed by atoms with Gasteiger partial charge < -0.3 is 20.1 Å². The standard InChI is InChI=1S/C28H44O6/c1-15(8-9-22(33)34-7)16-12-21(32)28(6)24-17(29)13-19-25(2,3)20(31)10-11-26(19,4)23(24)18(30)14-27(16,28)5/h15-17,19-21,29,31-32H,8-14H2,1-7H3. The van der Waals surface area contributed by atoms with E-state index in [1.807, 2.05) is 0 Å². The average molecular weight is 477 g/mol. The number of carbonyl (C=O) groups excluding carboxylic acids is 2. The van der Waals surface area contributed by atoms with Crippen molar-refractivity contribution >= 4 is 11.8 Å². The molecule has 0 aromatic rings. The third-order valence-corrected chi connectivity index (χ3v) is 11.3. The van der Waals surface area contributed by atoms with Crippen LogP contribution in [0.25, 0.3) is 0 Å². The van der Waals surface area contributed by atoms with Crippen LogP contribution in [0.15, 0.2) is 11.1 Å². The number of allylic oxidation sites excluding steroid dienone is 1. The molecule has 0 aromatic heterocycles. The Kier molecular flexibility index (Phi) is 6.19. The maximum Gasteiger partial charge on any atom is 0.305 e. The molecule has 0 amide bonds. The number of aliphatic hydroxyl groups is 3. The van der Waals surface area contributed by atoms with E-state index in [1.54, 1.807) is 0 Å². The fourth-order valence-electron chi connectivity index (χ4n) is 9.02. The Morgan fingerprint density at radius 2 is 1.74 bits per heavy atom. The van der Waals surface area contributed by atoms with Crippen LogP contribution in [0.5, 0.6) is 0 Å². The Balaban J connectivity index is 1.80. The maximum absolute atomic E-state index is 14.0. The molecule has 3 N–H and O–H groups in total. The number of ketones is 1. The van der Waals surface area contributed by atoms with Gasteiger partial charge in [-0.25, -0.2) is 0 Å². The molecule has 2 fully saturated rings. The topological polar surface area (TPSA) is 104 Å². The molecule has 0 bridgehead atoms. The van der Waals surface area contributed by atoms with E-state index in [2.05, 4.69) is 41.5 Å². The van der Waals surface area contributed by atoms with Crippen molar-refractivity contribution in [3.05, 3.63) is 11.1 Å². The van der Waals surface area contributed by atoms with Crippen LogP contribution in [0, 0.1) is 39.4 Å². The van der Waals surface area contributed by atoms with Gasteiger partial charge in [-0.15, -0.1) is 0 Å². The second kappa shape index (κ2) is 8.14. The second-order valence-electron chi connectivity index (χ2n) is 13.1. The summed E-state index contributed by atoms with van der Waals surface area (Å²) >= 11 is 0. The van der Waals surface area contributed by atoms with Crippen molar-refractivity contribution in [2.75, 3.05) is 7.11 Å². The van der Waals surface area contributed by atoms with Gasteiger partial charge in [0.15, 0.2) is 5.78 Å². The highest BCUT2D eigenvalue weighted by Crippen LogP contribution is 2.71. The SMILES string of the molecule is COC(=O)CCC(C)C1CC(O)C2(C)C3=C(C(=O)CC12C)C1(C)CCC(O)C(C)(C)C1CC3O. The number of esters is 1. The number of hydrogen-bond acceptors (Lipinski definition) is 6. The summed E-state index contributed by atoms with van der Waals surface area (Å²) < 4.78 is 4.82. The van der Waals surface area contributed by atoms with Crippen molar-refractivity contribution in [2.24, 2.45) is 39.4 Å². The number of carbonyl (C=O) groups is 2. The molecule has 2 saturated carbocycles. The van der Waals surface area contributed by atoms with Crippen LogP contribution in [-0.2, 0) is 14.3 Å². The van der Waals surface area contributed by atoms with Crippen LogP contribution in [-0.4, -0.2) is 52.5 Å². The summed E-state index contributed by atoms with van der Waals surface area (Å²) in [5.74, 6) is 0.0167. The lowest BCUT2D eigenvalue weighted by atomic mass is 9.42. The first-order valence-electron chi connectivity index (χ1n) is 13.1. The van der Waals surface area contributed by atoms with E-state index in [0.717, 1.165) is 11.1 Å². The molecule has 0 aliphatic heterocycles. The second-order valence-corrected chi connectivity index (χ2v) is 13.1. The Bertz CT molecular complexity index is 907. The molecular weight excluding hydrogens is 432 g/mol. The summed E-state index contributed by atoms with van der Waals surface area (Å²) in [7, 11) is 1.39. The summed E-state index contributed by atoms with van der Waals surface area (Å²) in [5.41, 5.74) is -0.564. The number of Topliss-reactive ketones (excluding diaryl/α,β-unsaturated/α-hetero) is 1. The number of rotatable bonds is 4. The number of aliphatic hydroxyl groups excluding tert-OH is 3. The molecule has 9 unspecified atom stereocenters. The number of fused-ring (bicyclic) bond motifs is 4. The molecule has 4 rings (SSSR count). The van der Waals surface area contributed by atoms with Crippen molar-refractivity contribution in [1.82, 2.24) is 0 Å². The highest BCUT2D eigenvalue weighted by atomic mass is 16.5. The Morgan fingerprint density at radius 3 is 2.35 bits per heavy atom. The van der Waals surface area contributed by atoms with Gasteiger partial charge in [0.1, 0.15) is 0 Å². The first kappa shape index (κ1) is 25.8. The van der Waals surface area contributed by atoms with Crippen LogP contribution >= 0.6 is 0 Å². The molecule has 6 nitrogen and oxygen atoms in total. The van der Waals surface area contributed by atoms with Gasteiger partial charge in [0.05, 0.1) is 25.4 Å². The lowest BCUT2D eigenvalue weighted by Crippen LogP contribution is -2.61. The average Bonchev–Trinajstić information content (AvgIpc) is 2.97. The predicted molar refractivity (Wildman–Crippen MR) is 129 cm³/mol. The Labute approximate surface area is 204 Å². The van der Waals surface area contributed by atoms with Crippen LogP contribution in [0.1, 0.15) is 86.5 Å². The highest BCUT2D eigenvalue weighted by Gasteiger charge is 2.69. The van der Waals surface area contributed by atoms with Gasteiger partial charge in [-0.05, 0) is 71.7 Å². The summed E-state index contributed by atoms with van der Waals surface area (Å²) in [6, 6.07) is 0. The molecule has 0 saturated heterocycles. The molecule has 0 spiro atoms. The van der Waals surface area contributed by atoms with E-state index < -0.39 is 40.0 Å². The van der Waals surface area contributed by atoms with Crippen LogP contribution in [0.4, 0.5) is 0 Å². The van der Waals surface area contributed by atoms with Crippen molar-refractivity contribution in [1.29, 1.82) is 0 Å². The highest BCUT2D eigenvalue weighted by molar-refractivity contribution is 6.00. The van der Waals surface area contributed by atoms with Gasteiger partial charge in [0, 0.05) is 23.8 Å².